The normalized spacial score (nSPS) is 11.5. The van der Waals surface area contributed by atoms with Gasteiger partial charge in [-0.25, -0.2) is 10.2 Å². The first-order chi connectivity index (χ1) is 13.0. The van der Waals surface area contributed by atoms with E-state index in [1.807, 2.05) is 6.07 Å². The van der Waals surface area contributed by atoms with Crippen LogP contribution in [0.1, 0.15) is 24.4 Å². The van der Waals surface area contributed by atoms with Crippen molar-refractivity contribution in [3.05, 3.63) is 64.1 Å². The van der Waals surface area contributed by atoms with E-state index in [9.17, 15) is 9.59 Å². The Balaban J connectivity index is 1.76. The van der Waals surface area contributed by atoms with Crippen LogP contribution >= 0.6 is 23.2 Å². The van der Waals surface area contributed by atoms with E-state index in [1.54, 1.807) is 42.5 Å². The lowest BCUT2D eigenvalue weighted by atomic mass is 10.1. The van der Waals surface area contributed by atoms with Crippen molar-refractivity contribution in [1.82, 2.24) is 10.9 Å². The number of ether oxygens (including phenoxy) is 2. The lowest BCUT2D eigenvalue weighted by Gasteiger charge is -2.17. The molecule has 144 valence electrons. The summed E-state index contributed by atoms with van der Waals surface area (Å²) in [4.78, 5) is 23.9. The molecule has 0 aromatic heterocycles. The molecule has 0 radical (unpaired) electrons. The molecular weight excluding hydrogens is 391 g/mol. The molecule has 8 heteroatoms. The first-order valence-corrected chi connectivity index (χ1v) is 9.02. The fourth-order valence-electron chi connectivity index (χ4n) is 2.26. The highest BCUT2D eigenvalue weighted by Crippen LogP contribution is 2.27. The van der Waals surface area contributed by atoms with Gasteiger partial charge in [0.1, 0.15) is 11.8 Å². The number of halogens is 2. The topological polar surface area (TPSA) is 76.7 Å². The van der Waals surface area contributed by atoms with Crippen LogP contribution in [0.3, 0.4) is 0 Å². The number of carbonyl (C=O) groups is 2. The zero-order valence-electron chi connectivity index (χ0n) is 14.7. The van der Waals surface area contributed by atoms with Crippen molar-refractivity contribution in [1.29, 1.82) is 0 Å². The molecule has 1 atom stereocenters. The minimum Gasteiger partial charge on any atom is -0.492 e. The summed E-state index contributed by atoms with van der Waals surface area (Å²) in [6, 6.07) is 13.1. The number of hydrogen-bond donors (Lipinski definition) is 2. The second kappa shape index (κ2) is 10.8. The van der Waals surface area contributed by atoms with Gasteiger partial charge in [-0.05, 0) is 30.2 Å². The number of hydrazine groups is 1. The van der Waals surface area contributed by atoms with E-state index in [2.05, 4.69) is 10.9 Å². The van der Waals surface area contributed by atoms with Gasteiger partial charge in [0.05, 0.1) is 18.7 Å². The van der Waals surface area contributed by atoms with Crippen molar-refractivity contribution < 1.29 is 19.1 Å². The molecule has 2 rings (SSSR count). The Hall–Kier alpha value is -2.28. The van der Waals surface area contributed by atoms with Crippen LogP contribution in [0.4, 0.5) is 0 Å². The van der Waals surface area contributed by atoms with E-state index in [0.717, 1.165) is 0 Å². The summed E-state index contributed by atoms with van der Waals surface area (Å²) in [5.41, 5.74) is 5.92. The molecule has 0 bridgehead atoms. The highest BCUT2D eigenvalue weighted by atomic mass is 35.5. The van der Waals surface area contributed by atoms with Crippen molar-refractivity contribution in [2.24, 2.45) is 0 Å². The fraction of sp³-hybridized carbons (Fsp3) is 0.263. The summed E-state index contributed by atoms with van der Waals surface area (Å²) in [5.74, 6) is -0.262. The Bertz CT molecular complexity index is 772. The van der Waals surface area contributed by atoms with Gasteiger partial charge in [-0.2, -0.15) is 0 Å². The number of carbonyl (C=O) groups excluding carboxylic acids is 2. The minimum atomic E-state index is -0.788. The first-order valence-electron chi connectivity index (χ1n) is 8.26. The monoisotopic (exact) mass is 410 g/mol. The van der Waals surface area contributed by atoms with E-state index in [-0.39, 0.29) is 12.3 Å². The molecule has 0 aliphatic heterocycles. The SMILES string of the molecule is COC(=O)C(NNC(=O)CCCOc1ccc(Cl)cc1Cl)c1ccccc1. The highest BCUT2D eigenvalue weighted by Gasteiger charge is 2.21. The summed E-state index contributed by atoms with van der Waals surface area (Å²) >= 11 is 11.8. The van der Waals surface area contributed by atoms with Crippen molar-refractivity contribution >= 4 is 35.1 Å². The second-order valence-corrected chi connectivity index (χ2v) is 6.43. The molecule has 0 spiro atoms. The molecule has 2 aromatic rings. The van der Waals surface area contributed by atoms with Gasteiger partial charge in [-0.3, -0.25) is 10.2 Å². The van der Waals surface area contributed by atoms with E-state index < -0.39 is 12.0 Å². The van der Waals surface area contributed by atoms with Crippen LogP contribution in [0.25, 0.3) is 0 Å². The predicted molar refractivity (Wildman–Crippen MR) is 104 cm³/mol. The summed E-state index contributed by atoms with van der Waals surface area (Å²) in [5, 5.41) is 0.939. The van der Waals surface area contributed by atoms with Crippen molar-refractivity contribution in [3.8, 4) is 5.75 Å². The van der Waals surface area contributed by atoms with Gasteiger partial charge < -0.3 is 9.47 Å². The second-order valence-electron chi connectivity index (χ2n) is 5.59. The van der Waals surface area contributed by atoms with Crippen LogP contribution in [0.2, 0.25) is 10.0 Å². The fourth-order valence-corrected chi connectivity index (χ4v) is 2.73. The number of hydrogen-bond acceptors (Lipinski definition) is 5. The number of methoxy groups -OCH3 is 1. The summed E-state index contributed by atoms with van der Waals surface area (Å²) < 4.78 is 10.3. The third-order valence-electron chi connectivity index (χ3n) is 3.63. The maximum Gasteiger partial charge on any atom is 0.329 e. The van der Waals surface area contributed by atoms with Crippen LogP contribution in [-0.4, -0.2) is 25.6 Å². The lowest BCUT2D eigenvalue weighted by Crippen LogP contribution is -2.43. The smallest absolute Gasteiger partial charge is 0.329 e. The van der Waals surface area contributed by atoms with E-state index in [1.165, 1.54) is 7.11 Å². The minimum absolute atomic E-state index is 0.209. The largest absolute Gasteiger partial charge is 0.492 e. The molecule has 1 amide bonds. The molecule has 0 saturated carbocycles. The molecule has 0 saturated heterocycles. The maximum atomic E-state index is 12.0. The zero-order valence-corrected chi connectivity index (χ0v) is 16.2. The predicted octanol–water partition coefficient (Wildman–Crippen LogP) is 3.69. The Morgan fingerprint density at radius 1 is 1.11 bits per heavy atom. The number of amides is 1. The third kappa shape index (κ3) is 6.75. The van der Waals surface area contributed by atoms with Gasteiger partial charge in [-0.1, -0.05) is 53.5 Å². The van der Waals surface area contributed by atoms with Crippen LogP contribution < -0.4 is 15.6 Å². The number of esters is 1. The Morgan fingerprint density at radius 3 is 2.52 bits per heavy atom. The molecule has 1 unspecified atom stereocenters. The van der Waals surface area contributed by atoms with Crippen molar-refractivity contribution in [2.45, 2.75) is 18.9 Å². The molecule has 2 N–H and O–H groups in total. The lowest BCUT2D eigenvalue weighted by molar-refractivity contribution is -0.143. The van der Waals surface area contributed by atoms with Gasteiger partial charge in [0.2, 0.25) is 5.91 Å². The Kier molecular flexibility index (Phi) is 8.39. The molecule has 0 fully saturated rings. The van der Waals surface area contributed by atoms with E-state index >= 15 is 0 Å². The van der Waals surface area contributed by atoms with Crippen LogP contribution in [-0.2, 0) is 14.3 Å². The standard InChI is InChI=1S/C19H20Cl2N2O4/c1-26-19(25)18(13-6-3-2-4-7-13)23-22-17(24)8-5-11-27-16-10-9-14(20)12-15(16)21/h2-4,6-7,9-10,12,18,23H,5,8,11H2,1H3,(H,22,24). The van der Waals surface area contributed by atoms with Gasteiger partial charge in [0.15, 0.2) is 0 Å². The van der Waals surface area contributed by atoms with Gasteiger partial charge >= 0.3 is 5.97 Å². The average Bonchev–Trinajstić information content (AvgIpc) is 2.67. The molecule has 0 aliphatic rings. The van der Waals surface area contributed by atoms with Crippen LogP contribution in [0.15, 0.2) is 48.5 Å². The molecule has 27 heavy (non-hydrogen) atoms. The quantitative estimate of drug-likeness (QED) is 0.374. The summed E-state index contributed by atoms with van der Waals surface area (Å²) in [6.45, 7) is 0.313. The number of benzene rings is 2. The van der Waals surface area contributed by atoms with Crippen molar-refractivity contribution in [3.63, 3.8) is 0 Å². The molecule has 0 heterocycles. The maximum absolute atomic E-state index is 12.0. The summed E-state index contributed by atoms with van der Waals surface area (Å²) in [6.07, 6.45) is 0.682. The van der Waals surface area contributed by atoms with E-state index in [4.69, 9.17) is 32.7 Å². The summed E-state index contributed by atoms with van der Waals surface area (Å²) in [7, 11) is 1.29. The third-order valence-corrected chi connectivity index (χ3v) is 4.16. The zero-order chi connectivity index (χ0) is 19.6. The number of nitrogens with one attached hydrogen (secondary N) is 2. The first kappa shape index (κ1) is 21.0. The van der Waals surface area contributed by atoms with Gasteiger partial charge in [-0.15, -0.1) is 0 Å². The van der Waals surface area contributed by atoms with E-state index in [0.29, 0.717) is 34.4 Å². The molecule has 0 aliphatic carbocycles. The Morgan fingerprint density at radius 2 is 1.85 bits per heavy atom. The Labute approximate surface area is 167 Å². The average molecular weight is 411 g/mol. The van der Waals surface area contributed by atoms with Crippen LogP contribution in [0.5, 0.6) is 5.75 Å². The highest BCUT2D eigenvalue weighted by molar-refractivity contribution is 6.35. The molecule has 6 nitrogen and oxygen atoms in total. The van der Waals surface area contributed by atoms with Gasteiger partial charge in [0.25, 0.3) is 0 Å². The van der Waals surface area contributed by atoms with Crippen LogP contribution in [0, 0.1) is 0 Å². The van der Waals surface area contributed by atoms with Crippen molar-refractivity contribution in [2.75, 3.05) is 13.7 Å². The molecule has 2 aromatic carbocycles. The number of rotatable bonds is 9. The molecular formula is C19H20Cl2N2O4. The van der Waals surface area contributed by atoms with Gasteiger partial charge in [0, 0.05) is 11.4 Å².